The summed E-state index contributed by atoms with van der Waals surface area (Å²) < 4.78 is 0. The Labute approximate surface area is 114 Å². The molecule has 1 rings (SSSR count). The molecule has 3 atom stereocenters. The van der Waals surface area contributed by atoms with Gasteiger partial charge in [0.25, 0.3) is 0 Å². The molecule has 18 heavy (non-hydrogen) atoms. The molecule has 0 bridgehead atoms. The van der Waals surface area contributed by atoms with Crippen molar-refractivity contribution in [1.29, 1.82) is 0 Å². The zero-order valence-corrected chi connectivity index (χ0v) is 12.3. The molecule has 0 aromatic rings. The molecular formula is C13H26N2O2S. The van der Waals surface area contributed by atoms with E-state index < -0.39 is 0 Å². The number of urea groups is 1. The van der Waals surface area contributed by atoms with Crippen molar-refractivity contribution in [3.05, 3.63) is 0 Å². The Morgan fingerprint density at radius 3 is 2.83 bits per heavy atom. The van der Waals surface area contributed by atoms with Gasteiger partial charge in [0.2, 0.25) is 0 Å². The van der Waals surface area contributed by atoms with E-state index in [-0.39, 0.29) is 18.7 Å². The summed E-state index contributed by atoms with van der Waals surface area (Å²) in [5.74, 6) is 1.14. The van der Waals surface area contributed by atoms with Gasteiger partial charge in [-0.05, 0) is 31.4 Å². The molecule has 1 fully saturated rings. The zero-order chi connectivity index (χ0) is 13.4. The monoisotopic (exact) mass is 274 g/mol. The smallest absolute Gasteiger partial charge is 0.315 e. The predicted octanol–water partition coefficient (Wildman–Crippen LogP) is 2.12. The third-order valence-corrected chi connectivity index (χ3v) is 4.64. The minimum Gasteiger partial charge on any atom is -0.394 e. The summed E-state index contributed by atoms with van der Waals surface area (Å²) in [7, 11) is 0. The van der Waals surface area contributed by atoms with Crippen molar-refractivity contribution in [3.8, 4) is 0 Å². The van der Waals surface area contributed by atoms with Gasteiger partial charge in [0.05, 0.1) is 12.6 Å². The van der Waals surface area contributed by atoms with Crippen LogP contribution in [-0.2, 0) is 0 Å². The van der Waals surface area contributed by atoms with Crippen molar-refractivity contribution >= 4 is 17.8 Å². The van der Waals surface area contributed by atoms with Crippen molar-refractivity contribution in [3.63, 3.8) is 0 Å². The second kappa shape index (κ2) is 8.64. The Balaban J connectivity index is 2.30. The second-order valence-corrected chi connectivity index (χ2v) is 6.42. The average molecular weight is 274 g/mol. The maximum atomic E-state index is 11.8. The Morgan fingerprint density at radius 2 is 2.22 bits per heavy atom. The highest BCUT2D eigenvalue weighted by Gasteiger charge is 2.23. The lowest BCUT2D eigenvalue weighted by molar-refractivity contribution is 0.209. The number of nitrogens with one attached hydrogen (secondary N) is 2. The van der Waals surface area contributed by atoms with Crippen LogP contribution in [0.15, 0.2) is 0 Å². The van der Waals surface area contributed by atoms with E-state index in [0.29, 0.717) is 11.3 Å². The number of aliphatic hydroxyl groups excluding tert-OH is 1. The summed E-state index contributed by atoms with van der Waals surface area (Å²) >= 11 is 1.99. The van der Waals surface area contributed by atoms with Crippen LogP contribution in [0.5, 0.6) is 0 Å². The van der Waals surface area contributed by atoms with Crippen LogP contribution in [-0.4, -0.2) is 40.8 Å². The molecule has 0 unspecified atom stereocenters. The highest BCUT2D eigenvalue weighted by molar-refractivity contribution is 7.99. The van der Waals surface area contributed by atoms with Gasteiger partial charge < -0.3 is 15.7 Å². The molecule has 0 heterocycles. The van der Waals surface area contributed by atoms with Gasteiger partial charge in [-0.2, -0.15) is 11.8 Å². The normalized spacial score (nSPS) is 25.5. The molecule has 0 saturated heterocycles. The van der Waals surface area contributed by atoms with E-state index >= 15 is 0 Å². The third-order valence-electron chi connectivity index (χ3n) is 3.41. The van der Waals surface area contributed by atoms with Crippen molar-refractivity contribution in [2.75, 3.05) is 12.4 Å². The van der Waals surface area contributed by atoms with E-state index in [1.54, 1.807) is 0 Å². The van der Waals surface area contributed by atoms with Gasteiger partial charge in [-0.15, -0.1) is 0 Å². The topological polar surface area (TPSA) is 61.4 Å². The largest absolute Gasteiger partial charge is 0.394 e. The van der Waals surface area contributed by atoms with Gasteiger partial charge in [-0.1, -0.05) is 20.3 Å². The van der Waals surface area contributed by atoms with Crippen LogP contribution in [0.25, 0.3) is 0 Å². The zero-order valence-electron chi connectivity index (χ0n) is 11.4. The summed E-state index contributed by atoms with van der Waals surface area (Å²) in [5.41, 5.74) is 0. The van der Waals surface area contributed by atoms with Crippen LogP contribution in [0.4, 0.5) is 4.79 Å². The van der Waals surface area contributed by atoms with Crippen LogP contribution < -0.4 is 10.6 Å². The third kappa shape index (κ3) is 5.48. The maximum absolute atomic E-state index is 11.8. The van der Waals surface area contributed by atoms with E-state index in [0.717, 1.165) is 25.0 Å². The van der Waals surface area contributed by atoms with Crippen LogP contribution in [0, 0.1) is 0 Å². The molecule has 0 aromatic heterocycles. The van der Waals surface area contributed by atoms with Crippen LogP contribution in [0.1, 0.15) is 46.0 Å². The van der Waals surface area contributed by atoms with Gasteiger partial charge in [0, 0.05) is 11.3 Å². The standard InChI is InChI=1S/C13H26N2O2S/c1-3-10(9-16)14-13(17)15-11-6-5-7-12(8-11)18-4-2/h10-12,16H,3-9H2,1-2H3,(H2,14,15,17)/t10-,11+,12-/m1/s1. The molecule has 3 N–H and O–H groups in total. The lowest BCUT2D eigenvalue weighted by atomic mass is 9.95. The molecule has 106 valence electrons. The first-order chi connectivity index (χ1) is 8.69. The molecule has 2 amide bonds. The van der Waals surface area contributed by atoms with Crippen LogP contribution >= 0.6 is 11.8 Å². The first kappa shape index (κ1) is 15.6. The molecule has 5 heteroatoms. The summed E-state index contributed by atoms with van der Waals surface area (Å²) in [6.07, 6.45) is 5.36. The fourth-order valence-corrected chi connectivity index (χ4v) is 3.53. The Bertz CT molecular complexity index is 245. The Morgan fingerprint density at radius 1 is 1.44 bits per heavy atom. The number of hydrogen-bond acceptors (Lipinski definition) is 3. The molecule has 4 nitrogen and oxygen atoms in total. The number of thioether (sulfide) groups is 1. The van der Waals surface area contributed by atoms with Crippen molar-refractivity contribution < 1.29 is 9.90 Å². The summed E-state index contributed by atoms with van der Waals surface area (Å²) in [6, 6.07) is 0.0245. The fraction of sp³-hybridized carbons (Fsp3) is 0.923. The lowest BCUT2D eigenvalue weighted by Gasteiger charge is -2.29. The van der Waals surface area contributed by atoms with Crippen LogP contribution in [0.2, 0.25) is 0 Å². The SMILES string of the molecule is CCS[C@@H]1CCC[C@H](NC(=O)N[C@H](CC)CO)C1. The van der Waals surface area contributed by atoms with Gasteiger partial charge in [-0.25, -0.2) is 4.79 Å². The van der Waals surface area contributed by atoms with Gasteiger partial charge in [0.15, 0.2) is 0 Å². The second-order valence-electron chi connectivity index (χ2n) is 4.85. The van der Waals surface area contributed by atoms with Crippen molar-refractivity contribution in [2.24, 2.45) is 0 Å². The molecule has 0 radical (unpaired) electrons. The van der Waals surface area contributed by atoms with Crippen molar-refractivity contribution in [2.45, 2.75) is 63.3 Å². The fourth-order valence-electron chi connectivity index (χ4n) is 2.35. The number of carbonyl (C=O) groups excluding carboxylic acids is 1. The number of aliphatic hydroxyl groups is 1. The number of carbonyl (C=O) groups is 1. The van der Waals surface area contributed by atoms with E-state index in [1.807, 2.05) is 18.7 Å². The van der Waals surface area contributed by atoms with E-state index in [9.17, 15) is 4.79 Å². The van der Waals surface area contributed by atoms with Gasteiger partial charge >= 0.3 is 6.03 Å². The maximum Gasteiger partial charge on any atom is 0.315 e. The van der Waals surface area contributed by atoms with E-state index in [1.165, 1.54) is 12.8 Å². The molecule has 0 spiro atoms. The minimum atomic E-state index is -0.136. The highest BCUT2D eigenvalue weighted by Crippen LogP contribution is 2.28. The first-order valence-electron chi connectivity index (χ1n) is 6.99. The van der Waals surface area contributed by atoms with Gasteiger partial charge in [-0.3, -0.25) is 0 Å². The summed E-state index contributed by atoms with van der Waals surface area (Å²) in [4.78, 5) is 11.8. The average Bonchev–Trinajstić information content (AvgIpc) is 2.36. The number of amides is 2. The lowest BCUT2D eigenvalue weighted by Crippen LogP contribution is -2.48. The van der Waals surface area contributed by atoms with E-state index in [4.69, 9.17) is 5.11 Å². The highest BCUT2D eigenvalue weighted by atomic mass is 32.2. The molecule has 1 aliphatic carbocycles. The summed E-state index contributed by atoms with van der Waals surface area (Å²) in [5, 5.41) is 15.6. The Hall–Kier alpha value is -0.420. The number of rotatable bonds is 6. The molecule has 1 saturated carbocycles. The van der Waals surface area contributed by atoms with E-state index in [2.05, 4.69) is 17.6 Å². The molecule has 1 aliphatic rings. The molecule has 0 aromatic carbocycles. The molecule has 0 aliphatic heterocycles. The predicted molar refractivity (Wildman–Crippen MR) is 77.0 cm³/mol. The van der Waals surface area contributed by atoms with Gasteiger partial charge in [0.1, 0.15) is 0 Å². The van der Waals surface area contributed by atoms with Crippen molar-refractivity contribution in [1.82, 2.24) is 10.6 Å². The summed E-state index contributed by atoms with van der Waals surface area (Å²) in [6.45, 7) is 4.14. The quantitative estimate of drug-likeness (QED) is 0.695. The molecular weight excluding hydrogens is 248 g/mol. The minimum absolute atomic E-state index is 0.00288. The number of hydrogen-bond donors (Lipinski definition) is 3. The Kier molecular flexibility index (Phi) is 7.51. The first-order valence-corrected chi connectivity index (χ1v) is 8.03. The van der Waals surface area contributed by atoms with Crippen LogP contribution in [0.3, 0.4) is 0 Å².